The van der Waals surface area contributed by atoms with Crippen molar-refractivity contribution < 1.29 is 14.3 Å². The molecule has 1 amide bonds. The van der Waals surface area contributed by atoms with Gasteiger partial charge in [0, 0.05) is 37.9 Å². The summed E-state index contributed by atoms with van der Waals surface area (Å²) in [5.41, 5.74) is 2.72. The summed E-state index contributed by atoms with van der Waals surface area (Å²) < 4.78 is 4.75. The number of nitrogens with zero attached hydrogens (tertiary/aromatic N) is 2. The van der Waals surface area contributed by atoms with Crippen molar-refractivity contribution in [3.8, 4) is 0 Å². The molecule has 3 rings (SSSR count). The number of ether oxygens (including phenoxy) is 1. The first-order valence-corrected chi connectivity index (χ1v) is 10.0. The number of carbonyl (C=O) groups excluding carboxylic acids is 2. The Kier molecular flexibility index (Phi) is 6.88. The molecule has 1 fully saturated rings. The topological polar surface area (TPSA) is 61.9 Å². The molecular weight excluding hydrogens is 366 g/mol. The fraction of sp³-hybridized carbons (Fsp3) is 0.391. The van der Waals surface area contributed by atoms with Crippen molar-refractivity contribution in [2.75, 3.05) is 31.6 Å². The standard InChI is InChI=1S/C23H29N3O3/c1-17-16-25(21-11-9-20(10-12-21)23(28)29-3)13-14-26(17)18(2)22(27)24-15-19-7-5-4-6-8-19/h4-12,17-18H,13-16H2,1-3H3,(H,24,27). The highest BCUT2D eigenvalue weighted by atomic mass is 16.5. The lowest BCUT2D eigenvalue weighted by molar-refractivity contribution is -0.127. The molecule has 0 spiro atoms. The quantitative estimate of drug-likeness (QED) is 0.762. The molecule has 0 aromatic heterocycles. The molecule has 2 aromatic rings. The van der Waals surface area contributed by atoms with Crippen molar-refractivity contribution in [1.82, 2.24) is 10.2 Å². The third-order valence-corrected chi connectivity index (χ3v) is 5.52. The molecule has 0 saturated carbocycles. The van der Waals surface area contributed by atoms with E-state index in [1.807, 2.05) is 49.4 Å². The van der Waals surface area contributed by atoms with Crippen LogP contribution in [-0.2, 0) is 16.1 Å². The van der Waals surface area contributed by atoms with E-state index in [9.17, 15) is 9.59 Å². The first kappa shape index (κ1) is 20.9. The van der Waals surface area contributed by atoms with E-state index in [1.165, 1.54) is 7.11 Å². The Labute approximate surface area is 172 Å². The van der Waals surface area contributed by atoms with Crippen LogP contribution in [0.1, 0.15) is 29.8 Å². The molecule has 6 heteroatoms. The van der Waals surface area contributed by atoms with Gasteiger partial charge in [0.25, 0.3) is 0 Å². The van der Waals surface area contributed by atoms with Gasteiger partial charge in [0.2, 0.25) is 5.91 Å². The molecule has 0 radical (unpaired) electrons. The van der Waals surface area contributed by atoms with Crippen LogP contribution >= 0.6 is 0 Å². The van der Waals surface area contributed by atoms with Gasteiger partial charge in [0.1, 0.15) is 0 Å². The zero-order valence-electron chi connectivity index (χ0n) is 17.3. The molecule has 1 saturated heterocycles. The zero-order chi connectivity index (χ0) is 20.8. The van der Waals surface area contributed by atoms with Gasteiger partial charge in [-0.05, 0) is 43.7 Å². The minimum Gasteiger partial charge on any atom is -0.465 e. The normalized spacial score (nSPS) is 18.2. The zero-order valence-corrected chi connectivity index (χ0v) is 17.3. The van der Waals surface area contributed by atoms with E-state index in [0.717, 1.165) is 30.9 Å². The van der Waals surface area contributed by atoms with Crippen molar-refractivity contribution in [1.29, 1.82) is 0 Å². The third-order valence-electron chi connectivity index (χ3n) is 5.52. The van der Waals surface area contributed by atoms with Crippen LogP contribution in [0.5, 0.6) is 0 Å². The number of rotatable bonds is 6. The summed E-state index contributed by atoms with van der Waals surface area (Å²) in [6, 6.07) is 17.5. The predicted molar refractivity (Wildman–Crippen MR) is 114 cm³/mol. The molecule has 154 valence electrons. The van der Waals surface area contributed by atoms with E-state index < -0.39 is 0 Å². The molecule has 1 aliphatic rings. The van der Waals surface area contributed by atoms with E-state index in [2.05, 4.69) is 22.0 Å². The predicted octanol–water partition coefficient (Wildman–Crippen LogP) is 2.69. The number of amides is 1. The molecule has 6 nitrogen and oxygen atoms in total. The highest BCUT2D eigenvalue weighted by molar-refractivity contribution is 5.89. The molecule has 2 aromatic carbocycles. The first-order valence-electron chi connectivity index (χ1n) is 10.0. The first-order chi connectivity index (χ1) is 14.0. The van der Waals surface area contributed by atoms with Crippen molar-refractivity contribution >= 4 is 17.6 Å². The van der Waals surface area contributed by atoms with E-state index in [1.54, 1.807) is 12.1 Å². The van der Waals surface area contributed by atoms with E-state index in [4.69, 9.17) is 4.74 Å². The summed E-state index contributed by atoms with van der Waals surface area (Å²) >= 11 is 0. The maximum atomic E-state index is 12.6. The second kappa shape index (κ2) is 9.56. The van der Waals surface area contributed by atoms with Crippen LogP contribution in [0.25, 0.3) is 0 Å². The van der Waals surface area contributed by atoms with Crippen molar-refractivity contribution in [3.63, 3.8) is 0 Å². The Hall–Kier alpha value is -2.86. The molecule has 1 heterocycles. The van der Waals surface area contributed by atoms with E-state index >= 15 is 0 Å². The fourth-order valence-electron chi connectivity index (χ4n) is 3.79. The van der Waals surface area contributed by atoms with Gasteiger partial charge in [-0.1, -0.05) is 30.3 Å². The van der Waals surface area contributed by atoms with Crippen LogP contribution < -0.4 is 10.2 Å². The van der Waals surface area contributed by atoms with Crippen LogP contribution in [0.3, 0.4) is 0 Å². The maximum Gasteiger partial charge on any atom is 0.337 e. The van der Waals surface area contributed by atoms with Crippen LogP contribution in [0.4, 0.5) is 5.69 Å². The molecule has 2 unspecified atom stereocenters. The van der Waals surface area contributed by atoms with Crippen molar-refractivity contribution in [2.45, 2.75) is 32.5 Å². The summed E-state index contributed by atoms with van der Waals surface area (Å²) in [5, 5.41) is 3.04. The second-order valence-corrected chi connectivity index (χ2v) is 7.45. The summed E-state index contributed by atoms with van der Waals surface area (Å²) in [5.74, 6) is -0.276. The lowest BCUT2D eigenvalue weighted by atomic mass is 10.1. The monoisotopic (exact) mass is 395 g/mol. The highest BCUT2D eigenvalue weighted by Crippen LogP contribution is 2.21. The van der Waals surface area contributed by atoms with Gasteiger partial charge in [-0.15, -0.1) is 0 Å². The second-order valence-electron chi connectivity index (χ2n) is 7.45. The number of benzene rings is 2. The Morgan fingerprint density at radius 2 is 1.79 bits per heavy atom. The van der Waals surface area contributed by atoms with Crippen LogP contribution in [0.15, 0.2) is 54.6 Å². The third kappa shape index (κ3) is 5.15. The lowest BCUT2D eigenvalue weighted by Gasteiger charge is -2.43. The molecule has 1 N–H and O–H groups in total. The lowest BCUT2D eigenvalue weighted by Crippen LogP contribution is -2.58. The van der Waals surface area contributed by atoms with Gasteiger partial charge in [0.05, 0.1) is 18.7 Å². The van der Waals surface area contributed by atoms with Gasteiger partial charge >= 0.3 is 5.97 Å². The molecule has 29 heavy (non-hydrogen) atoms. The number of piperazine rings is 1. The number of methoxy groups -OCH3 is 1. The number of esters is 1. The van der Waals surface area contributed by atoms with Gasteiger partial charge in [0.15, 0.2) is 0 Å². The Balaban J connectivity index is 1.55. The fourth-order valence-corrected chi connectivity index (χ4v) is 3.79. The highest BCUT2D eigenvalue weighted by Gasteiger charge is 2.30. The molecule has 0 bridgehead atoms. The average Bonchev–Trinajstić information content (AvgIpc) is 2.77. The van der Waals surface area contributed by atoms with Gasteiger partial charge in [-0.25, -0.2) is 4.79 Å². The van der Waals surface area contributed by atoms with E-state index in [-0.39, 0.29) is 24.0 Å². The van der Waals surface area contributed by atoms with Crippen molar-refractivity contribution in [3.05, 3.63) is 65.7 Å². The average molecular weight is 396 g/mol. The van der Waals surface area contributed by atoms with Crippen LogP contribution in [0.2, 0.25) is 0 Å². The van der Waals surface area contributed by atoms with Crippen LogP contribution in [-0.4, -0.2) is 55.6 Å². The largest absolute Gasteiger partial charge is 0.465 e. The number of carbonyl (C=O) groups is 2. The number of nitrogens with one attached hydrogen (secondary N) is 1. The molecule has 1 aliphatic heterocycles. The van der Waals surface area contributed by atoms with Gasteiger partial charge in [-0.3, -0.25) is 9.69 Å². The number of hydrogen-bond acceptors (Lipinski definition) is 5. The summed E-state index contributed by atoms with van der Waals surface area (Å²) in [4.78, 5) is 28.8. The smallest absolute Gasteiger partial charge is 0.337 e. The van der Waals surface area contributed by atoms with Gasteiger partial charge < -0.3 is 15.0 Å². The SMILES string of the molecule is COC(=O)c1ccc(N2CCN(C(C)C(=O)NCc3ccccc3)C(C)C2)cc1. The molecular formula is C23H29N3O3. The van der Waals surface area contributed by atoms with E-state index in [0.29, 0.717) is 12.1 Å². The molecule has 2 atom stereocenters. The minimum absolute atomic E-state index is 0.0524. The van der Waals surface area contributed by atoms with Crippen LogP contribution in [0, 0.1) is 0 Å². The summed E-state index contributed by atoms with van der Waals surface area (Å²) in [6.45, 7) is 7.13. The number of hydrogen-bond donors (Lipinski definition) is 1. The van der Waals surface area contributed by atoms with Crippen molar-refractivity contribution in [2.24, 2.45) is 0 Å². The minimum atomic E-state index is -0.329. The Bertz CT molecular complexity index is 823. The maximum absolute atomic E-state index is 12.6. The van der Waals surface area contributed by atoms with Gasteiger partial charge in [-0.2, -0.15) is 0 Å². The number of anilines is 1. The molecule has 0 aliphatic carbocycles. The summed E-state index contributed by atoms with van der Waals surface area (Å²) in [7, 11) is 1.38. The Morgan fingerprint density at radius 3 is 2.41 bits per heavy atom. The Morgan fingerprint density at radius 1 is 1.10 bits per heavy atom. The summed E-state index contributed by atoms with van der Waals surface area (Å²) in [6.07, 6.45) is 0.